The molecule has 102 valence electrons. The molecule has 0 radical (unpaired) electrons. The molecule has 0 aromatic heterocycles. The van der Waals surface area contributed by atoms with E-state index < -0.39 is 4.92 Å². The molecule has 0 spiro atoms. The molecule has 19 heavy (non-hydrogen) atoms. The summed E-state index contributed by atoms with van der Waals surface area (Å²) in [4.78, 5) is 21.9. The van der Waals surface area contributed by atoms with E-state index in [-0.39, 0.29) is 30.0 Å². The van der Waals surface area contributed by atoms with Gasteiger partial charge in [-0.1, -0.05) is 25.0 Å². The molecule has 0 unspecified atom stereocenters. The van der Waals surface area contributed by atoms with Gasteiger partial charge in [-0.3, -0.25) is 14.9 Å². The topological polar surface area (TPSA) is 81.5 Å². The number of nitro benzene ring substituents is 1. The summed E-state index contributed by atoms with van der Waals surface area (Å²) >= 11 is 0. The van der Waals surface area contributed by atoms with Crippen LogP contribution in [0.25, 0.3) is 0 Å². The number of hydrogen-bond donors (Lipinski definition) is 1. The second kappa shape index (κ2) is 6.17. The molecule has 1 aliphatic rings. The summed E-state index contributed by atoms with van der Waals surface area (Å²) in [5, 5.41) is 13.6. The lowest BCUT2D eigenvalue weighted by Gasteiger charge is -2.12. The molecule has 2 rings (SSSR count). The van der Waals surface area contributed by atoms with Crippen LogP contribution < -0.4 is 10.1 Å². The van der Waals surface area contributed by atoms with Crippen LogP contribution in [-0.4, -0.2) is 23.5 Å². The Kier molecular flexibility index (Phi) is 4.33. The molecule has 1 aromatic carbocycles. The van der Waals surface area contributed by atoms with Gasteiger partial charge in [0.2, 0.25) is 0 Å². The summed E-state index contributed by atoms with van der Waals surface area (Å²) in [7, 11) is 0. The lowest BCUT2D eigenvalue weighted by molar-refractivity contribution is -0.385. The molecule has 0 atom stereocenters. The SMILES string of the molecule is O=C(COc1ccccc1[N+](=O)[O-])NC1CCCC1. The standard InChI is InChI=1S/C13H16N2O4/c16-13(14-10-5-1-2-6-10)9-19-12-8-4-3-7-11(12)15(17)18/h3-4,7-8,10H,1-2,5-6,9H2,(H,14,16). The van der Waals surface area contributed by atoms with E-state index in [0.29, 0.717) is 0 Å². The second-order valence-electron chi connectivity index (χ2n) is 4.56. The lowest BCUT2D eigenvalue weighted by Crippen LogP contribution is -2.36. The van der Waals surface area contributed by atoms with Crippen molar-refractivity contribution < 1.29 is 14.5 Å². The Bertz CT molecular complexity index is 469. The normalized spacial score (nSPS) is 15.2. The van der Waals surface area contributed by atoms with Gasteiger partial charge in [-0.05, 0) is 18.9 Å². The summed E-state index contributed by atoms with van der Waals surface area (Å²) in [5.74, 6) is -0.112. The molecule has 0 saturated heterocycles. The molecule has 1 saturated carbocycles. The fourth-order valence-corrected chi connectivity index (χ4v) is 2.21. The highest BCUT2D eigenvalue weighted by atomic mass is 16.6. The van der Waals surface area contributed by atoms with Crippen molar-refractivity contribution in [1.82, 2.24) is 5.32 Å². The molecular weight excluding hydrogens is 248 g/mol. The Hall–Kier alpha value is -2.11. The predicted molar refractivity (Wildman–Crippen MR) is 69.0 cm³/mol. The quantitative estimate of drug-likeness (QED) is 0.651. The van der Waals surface area contributed by atoms with Crippen molar-refractivity contribution in [2.24, 2.45) is 0 Å². The van der Waals surface area contributed by atoms with Crippen molar-refractivity contribution in [2.45, 2.75) is 31.7 Å². The number of rotatable bonds is 5. The van der Waals surface area contributed by atoms with Gasteiger partial charge in [-0.25, -0.2) is 0 Å². The van der Waals surface area contributed by atoms with Crippen LogP contribution in [0.15, 0.2) is 24.3 Å². The number of nitro groups is 1. The van der Waals surface area contributed by atoms with E-state index in [1.54, 1.807) is 12.1 Å². The molecule has 6 nitrogen and oxygen atoms in total. The van der Waals surface area contributed by atoms with Gasteiger partial charge >= 0.3 is 5.69 Å². The molecular formula is C13H16N2O4. The number of nitrogens with zero attached hydrogens (tertiary/aromatic N) is 1. The third-order valence-electron chi connectivity index (χ3n) is 3.14. The van der Waals surface area contributed by atoms with Crippen molar-refractivity contribution in [2.75, 3.05) is 6.61 Å². The fraction of sp³-hybridized carbons (Fsp3) is 0.462. The predicted octanol–water partition coefficient (Wildman–Crippen LogP) is 2.03. The number of nitrogens with one attached hydrogen (secondary N) is 1. The molecule has 1 aliphatic carbocycles. The van der Waals surface area contributed by atoms with Gasteiger partial charge in [-0.15, -0.1) is 0 Å². The average Bonchev–Trinajstić information content (AvgIpc) is 2.89. The number of hydrogen-bond acceptors (Lipinski definition) is 4. The number of carbonyl (C=O) groups excluding carboxylic acids is 1. The van der Waals surface area contributed by atoms with Crippen molar-refractivity contribution in [3.05, 3.63) is 34.4 Å². The smallest absolute Gasteiger partial charge is 0.310 e. The largest absolute Gasteiger partial charge is 0.477 e. The maximum Gasteiger partial charge on any atom is 0.310 e. The number of ether oxygens (including phenoxy) is 1. The zero-order valence-electron chi connectivity index (χ0n) is 10.5. The summed E-state index contributed by atoms with van der Waals surface area (Å²) < 4.78 is 5.22. The van der Waals surface area contributed by atoms with E-state index in [1.807, 2.05) is 0 Å². The van der Waals surface area contributed by atoms with Crippen LogP contribution in [0.5, 0.6) is 5.75 Å². The zero-order chi connectivity index (χ0) is 13.7. The van der Waals surface area contributed by atoms with Gasteiger partial charge < -0.3 is 10.1 Å². The Labute approximate surface area is 110 Å². The first kappa shape index (κ1) is 13.3. The third-order valence-corrected chi connectivity index (χ3v) is 3.14. The molecule has 1 fully saturated rings. The molecule has 0 heterocycles. The minimum Gasteiger partial charge on any atom is -0.477 e. The molecule has 6 heteroatoms. The van der Waals surface area contributed by atoms with E-state index in [9.17, 15) is 14.9 Å². The van der Waals surface area contributed by atoms with Crippen LogP contribution in [0.2, 0.25) is 0 Å². The number of amides is 1. The lowest BCUT2D eigenvalue weighted by atomic mass is 10.2. The summed E-state index contributed by atoms with van der Waals surface area (Å²) in [5.41, 5.74) is -0.129. The molecule has 0 aliphatic heterocycles. The van der Waals surface area contributed by atoms with Crippen LogP contribution in [0, 0.1) is 10.1 Å². The van der Waals surface area contributed by atoms with E-state index >= 15 is 0 Å². The average molecular weight is 264 g/mol. The minimum absolute atomic E-state index is 0.120. The van der Waals surface area contributed by atoms with Gasteiger partial charge in [0, 0.05) is 12.1 Å². The van der Waals surface area contributed by atoms with Crippen LogP contribution in [0.3, 0.4) is 0 Å². The zero-order valence-corrected chi connectivity index (χ0v) is 10.5. The maximum atomic E-state index is 11.6. The van der Waals surface area contributed by atoms with Gasteiger partial charge in [0.15, 0.2) is 12.4 Å². The Morgan fingerprint density at radius 1 is 1.37 bits per heavy atom. The van der Waals surface area contributed by atoms with Crippen molar-refractivity contribution >= 4 is 11.6 Å². The van der Waals surface area contributed by atoms with E-state index in [4.69, 9.17) is 4.74 Å². The van der Waals surface area contributed by atoms with Gasteiger partial charge in [-0.2, -0.15) is 0 Å². The Morgan fingerprint density at radius 3 is 2.74 bits per heavy atom. The first-order chi connectivity index (χ1) is 9.16. The molecule has 1 aromatic rings. The maximum absolute atomic E-state index is 11.6. The van der Waals surface area contributed by atoms with E-state index in [2.05, 4.69) is 5.32 Å². The van der Waals surface area contributed by atoms with E-state index in [0.717, 1.165) is 25.7 Å². The molecule has 0 bridgehead atoms. The fourth-order valence-electron chi connectivity index (χ4n) is 2.21. The van der Waals surface area contributed by atoms with Crippen LogP contribution in [0.1, 0.15) is 25.7 Å². The van der Waals surface area contributed by atoms with Crippen LogP contribution in [-0.2, 0) is 4.79 Å². The second-order valence-corrected chi connectivity index (χ2v) is 4.56. The highest BCUT2D eigenvalue weighted by Crippen LogP contribution is 2.25. The first-order valence-corrected chi connectivity index (χ1v) is 6.32. The van der Waals surface area contributed by atoms with Crippen molar-refractivity contribution in [3.63, 3.8) is 0 Å². The third kappa shape index (κ3) is 3.67. The summed E-state index contributed by atoms with van der Waals surface area (Å²) in [6.07, 6.45) is 4.26. The Balaban J connectivity index is 1.87. The number of carbonyl (C=O) groups is 1. The van der Waals surface area contributed by atoms with Crippen molar-refractivity contribution in [3.8, 4) is 5.75 Å². The van der Waals surface area contributed by atoms with E-state index in [1.165, 1.54) is 12.1 Å². The van der Waals surface area contributed by atoms with Crippen molar-refractivity contribution in [1.29, 1.82) is 0 Å². The number of benzene rings is 1. The molecule has 1 amide bonds. The van der Waals surface area contributed by atoms with Gasteiger partial charge in [0.05, 0.1) is 4.92 Å². The Morgan fingerprint density at radius 2 is 2.05 bits per heavy atom. The molecule has 1 N–H and O–H groups in total. The highest BCUT2D eigenvalue weighted by Gasteiger charge is 2.19. The minimum atomic E-state index is -0.524. The van der Waals surface area contributed by atoms with Gasteiger partial charge in [0.25, 0.3) is 5.91 Å². The first-order valence-electron chi connectivity index (χ1n) is 6.32. The summed E-state index contributed by atoms with van der Waals surface area (Å²) in [6.45, 7) is -0.193. The van der Waals surface area contributed by atoms with Crippen LogP contribution >= 0.6 is 0 Å². The highest BCUT2D eigenvalue weighted by molar-refractivity contribution is 5.78. The monoisotopic (exact) mass is 264 g/mol. The van der Waals surface area contributed by atoms with Gasteiger partial charge in [0.1, 0.15) is 0 Å². The summed E-state index contributed by atoms with van der Waals surface area (Å²) in [6, 6.07) is 6.26. The van der Waals surface area contributed by atoms with Crippen LogP contribution in [0.4, 0.5) is 5.69 Å². The number of para-hydroxylation sites is 2.